The Morgan fingerprint density at radius 2 is 1.74 bits per heavy atom. The number of benzene rings is 1. The second-order valence-corrected chi connectivity index (χ2v) is 5.43. The number of likely N-dealkylation sites (tertiary alicyclic amines) is 1. The number of rotatable bonds is 5. The summed E-state index contributed by atoms with van der Waals surface area (Å²) in [5.74, 6) is 0.884. The van der Waals surface area contributed by atoms with E-state index in [2.05, 4.69) is 4.90 Å². The molecule has 19 heavy (non-hydrogen) atoms. The Morgan fingerprint density at radius 3 is 2.32 bits per heavy atom. The van der Waals surface area contributed by atoms with Crippen LogP contribution in [0.1, 0.15) is 31.2 Å². The van der Waals surface area contributed by atoms with Crippen LogP contribution in [0.2, 0.25) is 0 Å². The first-order valence-corrected chi connectivity index (χ1v) is 7.41. The third kappa shape index (κ3) is 4.80. The molecule has 0 unspecified atom stereocenters. The van der Waals surface area contributed by atoms with Gasteiger partial charge < -0.3 is 10.5 Å². The first kappa shape index (κ1) is 14.3. The third-order valence-electron chi connectivity index (χ3n) is 3.51. The normalized spacial score (nSPS) is 16.8. The van der Waals surface area contributed by atoms with Crippen molar-refractivity contribution in [3.05, 3.63) is 29.8 Å². The number of hydrogen-bond acceptors (Lipinski definition) is 3. The average molecular weight is 278 g/mol. The summed E-state index contributed by atoms with van der Waals surface area (Å²) >= 11 is 4.92. The van der Waals surface area contributed by atoms with Gasteiger partial charge in [-0.05, 0) is 50.2 Å². The molecule has 0 bridgehead atoms. The smallest absolute Gasteiger partial charge is 0.119 e. The summed E-state index contributed by atoms with van der Waals surface area (Å²) in [5.41, 5.74) is 6.44. The maximum Gasteiger partial charge on any atom is 0.119 e. The standard InChI is InChI=1S/C15H22N2OS/c16-15(19)13-5-7-14(8-6-13)18-12-11-17-9-3-1-2-4-10-17/h5-8H,1-4,9-12H2,(H2,16,19). The van der Waals surface area contributed by atoms with E-state index < -0.39 is 0 Å². The lowest BCUT2D eigenvalue weighted by atomic mass is 10.2. The molecule has 1 aliphatic heterocycles. The van der Waals surface area contributed by atoms with Gasteiger partial charge in [-0.2, -0.15) is 0 Å². The fraction of sp³-hybridized carbons (Fsp3) is 0.533. The zero-order valence-electron chi connectivity index (χ0n) is 11.3. The Morgan fingerprint density at radius 1 is 1.11 bits per heavy atom. The summed E-state index contributed by atoms with van der Waals surface area (Å²) in [6.07, 6.45) is 5.39. The van der Waals surface area contributed by atoms with Gasteiger partial charge in [0, 0.05) is 12.1 Å². The van der Waals surface area contributed by atoms with Crippen molar-refractivity contribution in [2.24, 2.45) is 5.73 Å². The van der Waals surface area contributed by atoms with Crippen LogP contribution in [0.25, 0.3) is 0 Å². The SMILES string of the molecule is NC(=S)c1ccc(OCCN2CCCCCC2)cc1. The van der Waals surface area contributed by atoms with Crippen LogP contribution in [0.4, 0.5) is 0 Å². The van der Waals surface area contributed by atoms with Crippen LogP contribution < -0.4 is 10.5 Å². The lowest BCUT2D eigenvalue weighted by Gasteiger charge is -2.19. The Labute approximate surface area is 120 Å². The Kier molecular flexibility index (Phi) is 5.61. The Bertz CT molecular complexity index is 397. The highest BCUT2D eigenvalue weighted by Crippen LogP contribution is 2.13. The summed E-state index contributed by atoms with van der Waals surface area (Å²) in [6.45, 7) is 4.18. The van der Waals surface area contributed by atoms with Crippen molar-refractivity contribution in [2.45, 2.75) is 25.7 Å². The van der Waals surface area contributed by atoms with E-state index in [4.69, 9.17) is 22.7 Å². The molecule has 1 heterocycles. The molecule has 1 fully saturated rings. The molecule has 104 valence electrons. The minimum atomic E-state index is 0.427. The van der Waals surface area contributed by atoms with Crippen LogP contribution in [0.3, 0.4) is 0 Å². The summed E-state index contributed by atoms with van der Waals surface area (Å²) in [6, 6.07) is 7.67. The zero-order valence-corrected chi connectivity index (χ0v) is 12.1. The molecule has 1 aliphatic rings. The molecular formula is C15H22N2OS. The van der Waals surface area contributed by atoms with Gasteiger partial charge in [-0.25, -0.2) is 0 Å². The highest BCUT2D eigenvalue weighted by molar-refractivity contribution is 7.80. The fourth-order valence-electron chi connectivity index (χ4n) is 2.37. The maximum atomic E-state index is 5.76. The van der Waals surface area contributed by atoms with E-state index >= 15 is 0 Å². The van der Waals surface area contributed by atoms with E-state index in [1.807, 2.05) is 24.3 Å². The molecule has 2 N–H and O–H groups in total. The van der Waals surface area contributed by atoms with E-state index in [-0.39, 0.29) is 0 Å². The van der Waals surface area contributed by atoms with Crippen LogP contribution in [-0.4, -0.2) is 36.1 Å². The van der Waals surface area contributed by atoms with Crippen molar-refractivity contribution < 1.29 is 4.74 Å². The lowest BCUT2D eigenvalue weighted by molar-refractivity contribution is 0.214. The lowest BCUT2D eigenvalue weighted by Crippen LogP contribution is -2.29. The van der Waals surface area contributed by atoms with Crippen molar-refractivity contribution in [2.75, 3.05) is 26.2 Å². The number of ether oxygens (including phenoxy) is 1. The Balaban J connectivity index is 1.74. The molecule has 1 aromatic rings. The minimum absolute atomic E-state index is 0.427. The molecule has 0 radical (unpaired) electrons. The average Bonchev–Trinajstić information content (AvgIpc) is 2.68. The van der Waals surface area contributed by atoms with Crippen molar-refractivity contribution in [1.29, 1.82) is 0 Å². The van der Waals surface area contributed by atoms with Crippen molar-refractivity contribution in [3.63, 3.8) is 0 Å². The molecule has 0 amide bonds. The van der Waals surface area contributed by atoms with E-state index in [1.54, 1.807) is 0 Å². The molecule has 0 saturated carbocycles. The first-order chi connectivity index (χ1) is 9.25. The molecule has 0 aromatic heterocycles. The van der Waals surface area contributed by atoms with Crippen molar-refractivity contribution in [3.8, 4) is 5.75 Å². The molecular weight excluding hydrogens is 256 g/mol. The molecule has 1 saturated heterocycles. The van der Waals surface area contributed by atoms with Crippen LogP contribution in [0, 0.1) is 0 Å². The van der Waals surface area contributed by atoms with Crippen LogP contribution >= 0.6 is 12.2 Å². The minimum Gasteiger partial charge on any atom is -0.492 e. The quantitative estimate of drug-likeness (QED) is 0.840. The molecule has 3 nitrogen and oxygen atoms in total. The third-order valence-corrected chi connectivity index (χ3v) is 3.75. The molecule has 0 aliphatic carbocycles. The second-order valence-electron chi connectivity index (χ2n) is 4.99. The highest BCUT2D eigenvalue weighted by atomic mass is 32.1. The van der Waals surface area contributed by atoms with Gasteiger partial charge in [-0.3, -0.25) is 4.90 Å². The summed E-state index contributed by atoms with van der Waals surface area (Å²) in [5, 5.41) is 0. The molecule has 1 aromatic carbocycles. The van der Waals surface area contributed by atoms with Crippen LogP contribution in [0.5, 0.6) is 5.75 Å². The van der Waals surface area contributed by atoms with Crippen molar-refractivity contribution in [1.82, 2.24) is 4.90 Å². The number of nitrogens with two attached hydrogens (primary N) is 1. The van der Waals surface area contributed by atoms with Gasteiger partial charge >= 0.3 is 0 Å². The van der Waals surface area contributed by atoms with Gasteiger partial charge in [0.1, 0.15) is 17.3 Å². The van der Waals surface area contributed by atoms with Crippen LogP contribution in [0.15, 0.2) is 24.3 Å². The summed E-state index contributed by atoms with van der Waals surface area (Å²) in [7, 11) is 0. The predicted molar refractivity (Wildman–Crippen MR) is 82.7 cm³/mol. The van der Waals surface area contributed by atoms with E-state index in [9.17, 15) is 0 Å². The van der Waals surface area contributed by atoms with E-state index in [1.165, 1.54) is 38.8 Å². The maximum absolute atomic E-state index is 5.76. The molecule has 0 spiro atoms. The molecule has 2 rings (SSSR count). The monoisotopic (exact) mass is 278 g/mol. The number of nitrogens with zero attached hydrogens (tertiary/aromatic N) is 1. The number of thiocarbonyl (C=S) groups is 1. The summed E-state index contributed by atoms with van der Waals surface area (Å²) < 4.78 is 5.76. The molecule has 4 heteroatoms. The van der Waals surface area contributed by atoms with Crippen LogP contribution in [-0.2, 0) is 0 Å². The highest BCUT2D eigenvalue weighted by Gasteiger charge is 2.08. The van der Waals surface area contributed by atoms with E-state index in [0.717, 1.165) is 24.5 Å². The van der Waals surface area contributed by atoms with Gasteiger partial charge in [0.25, 0.3) is 0 Å². The Hall–Kier alpha value is -1.13. The summed E-state index contributed by atoms with van der Waals surface area (Å²) in [4.78, 5) is 2.92. The zero-order chi connectivity index (χ0) is 13.5. The second kappa shape index (κ2) is 7.46. The first-order valence-electron chi connectivity index (χ1n) is 7.01. The van der Waals surface area contributed by atoms with Gasteiger partial charge in [0.05, 0.1) is 0 Å². The fourth-order valence-corrected chi connectivity index (χ4v) is 2.50. The number of hydrogen-bond donors (Lipinski definition) is 1. The van der Waals surface area contributed by atoms with Gasteiger partial charge in [-0.1, -0.05) is 25.1 Å². The topological polar surface area (TPSA) is 38.5 Å². The van der Waals surface area contributed by atoms with Crippen molar-refractivity contribution >= 4 is 17.2 Å². The predicted octanol–water partition coefficient (Wildman–Crippen LogP) is 2.58. The largest absolute Gasteiger partial charge is 0.492 e. The van der Waals surface area contributed by atoms with Gasteiger partial charge in [0.2, 0.25) is 0 Å². The van der Waals surface area contributed by atoms with Gasteiger partial charge in [-0.15, -0.1) is 0 Å². The molecule has 0 atom stereocenters. The van der Waals surface area contributed by atoms with Gasteiger partial charge in [0.15, 0.2) is 0 Å². The van der Waals surface area contributed by atoms with E-state index in [0.29, 0.717) is 4.99 Å².